The van der Waals surface area contributed by atoms with Gasteiger partial charge >= 0.3 is 0 Å². The van der Waals surface area contributed by atoms with E-state index in [-0.39, 0.29) is 6.10 Å². The van der Waals surface area contributed by atoms with Gasteiger partial charge in [-0.05, 0) is 6.42 Å². The van der Waals surface area contributed by atoms with Gasteiger partial charge in [-0.3, -0.25) is 0 Å². The van der Waals surface area contributed by atoms with Crippen LogP contribution in [-0.2, 0) is 9.53 Å². The number of nitrogens with one attached hydrogen (secondary N) is 1. The van der Waals surface area contributed by atoms with E-state index in [1.165, 1.54) is 0 Å². The van der Waals surface area contributed by atoms with Crippen LogP contribution in [0.4, 0.5) is 0 Å². The van der Waals surface area contributed by atoms with Crippen molar-refractivity contribution in [2.75, 3.05) is 19.7 Å². The van der Waals surface area contributed by atoms with Crippen LogP contribution in [0.5, 0.6) is 0 Å². The minimum Gasteiger partial charge on any atom is -0.376 e. The fraction of sp³-hybridized carbons (Fsp3) is 0.857. The molecule has 1 fully saturated rings. The molecule has 0 bridgehead atoms. The predicted octanol–water partition coefficient (Wildman–Crippen LogP) is -0.0461. The summed E-state index contributed by atoms with van der Waals surface area (Å²) in [6.07, 6.45) is 2.68. The minimum absolute atomic E-state index is 0.263. The molecule has 0 radical (unpaired) electrons. The summed E-state index contributed by atoms with van der Waals surface area (Å²) in [5, 5.41) is 3.20. The van der Waals surface area contributed by atoms with Crippen molar-refractivity contribution in [3.63, 3.8) is 0 Å². The van der Waals surface area contributed by atoms with Crippen molar-refractivity contribution in [1.82, 2.24) is 5.32 Å². The molecule has 3 heteroatoms. The molecule has 3 nitrogen and oxygen atoms in total. The van der Waals surface area contributed by atoms with Gasteiger partial charge in [-0.25, -0.2) is 0 Å². The lowest BCUT2D eigenvalue weighted by Crippen LogP contribution is -2.38. The van der Waals surface area contributed by atoms with Crippen LogP contribution in [-0.4, -0.2) is 32.1 Å². The first-order valence-corrected chi connectivity index (χ1v) is 3.69. The number of rotatable bonds is 3. The summed E-state index contributed by atoms with van der Waals surface area (Å²) in [5.74, 6) is 0. The summed E-state index contributed by atoms with van der Waals surface area (Å²) in [4.78, 5) is 9.97. The number of ether oxygens (including phenoxy) is 1. The fourth-order valence-corrected chi connectivity index (χ4v) is 1.06. The molecule has 1 atom stereocenters. The SMILES string of the molecule is O=CCC[C@@H]1CNCCO1. The number of carbonyl (C=O) groups is 1. The molecule has 58 valence electrons. The van der Waals surface area contributed by atoms with Gasteiger partial charge in [-0.1, -0.05) is 0 Å². The highest BCUT2D eigenvalue weighted by Gasteiger charge is 2.11. The van der Waals surface area contributed by atoms with E-state index in [0.29, 0.717) is 6.42 Å². The highest BCUT2D eigenvalue weighted by atomic mass is 16.5. The van der Waals surface area contributed by atoms with E-state index in [4.69, 9.17) is 4.74 Å². The first kappa shape index (κ1) is 7.69. The van der Waals surface area contributed by atoms with E-state index in [1.54, 1.807) is 0 Å². The van der Waals surface area contributed by atoms with Gasteiger partial charge in [-0.2, -0.15) is 0 Å². The minimum atomic E-state index is 0.263. The maximum Gasteiger partial charge on any atom is 0.120 e. The smallest absolute Gasteiger partial charge is 0.120 e. The standard InChI is InChI=1S/C7H13NO2/c9-4-1-2-7-6-8-3-5-10-7/h4,7-8H,1-3,5-6H2/t7-/m1/s1. The fourth-order valence-electron chi connectivity index (χ4n) is 1.06. The van der Waals surface area contributed by atoms with Gasteiger partial charge in [0.1, 0.15) is 6.29 Å². The van der Waals surface area contributed by atoms with Gasteiger partial charge in [0, 0.05) is 19.5 Å². The molecule has 0 saturated carbocycles. The average molecular weight is 143 g/mol. The molecule has 0 amide bonds. The Morgan fingerprint density at radius 2 is 2.60 bits per heavy atom. The molecule has 0 unspecified atom stereocenters. The molecule has 0 aromatic carbocycles. The maximum absolute atomic E-state index is 9.97. The summed E-state index contributed by atoms with van der Waals surface area (Å²) in [6.45, 7) is 2.62. The van der Waals surface area contributed by atoms with Gasteiger partial charge in [0.15, 0.2) is 0 Å². The summed E-state index contributed by atoms with van der Waals surface area (Å²) in [5.41, 5.74) is 0. The first-order valence-electron chi connectivity index (χ1n) is 3.69. The van der Waals surface area contributed by atoms with Crippen molar-refractivity contribution in [1.29, 1.82) is 0 Å². The van der Waals surface area contributed by atoms with E-state index in [0.717, 1.165) is 32.4 Å². The molecule has 1 saturated heterocycles. The second kappa shape index (κ2) is 4.41. The van der Waals surface area contributed by atoms with E-state index >= 15 is 0 Å². The van der Waals surface area contributed by atoms with Gasteiger partial charge in [0.2, 0.25) is 0 Å². The third-order valence-electron chi connectivity index (χ3n) is 1.61. The highest BCUT2D eigenvalue weighted by molar-refractivity contribution is 5.49. The Morgan fingerprint density at radius 3 is 3.20 bits per heavy atom. The first-order chi connectivity index (χ1) is 4.93. The molecular weight excluding hydrogens is 130 g/mol. The zero-order valence-corrected chi connectivity index (χ0v) is 6.01. The monoisotopic (exact) mass is 143 g/mol. The van der Waals surface area contributed by atoms with Crippen LogP contribution in [0, 0.1) is 0 Å². The quantitative estimate of drug-likeness (QED) is 0.563. The molecule has 1 N–H and O–H groups in total. The zero-order chi connectivity index (χ0) is 7.23. The Balaban J connectivity index is 2.07. The molecule has 1 aliphatic rings. The van der Waals surface area contributed by atoms with Crippen molar-refractivity contribution in [3.05, 3.63) is 0 Å². The van der Waals surface area contributed by atoms with Crippen LogP contribution in [0.3, 0.4) is 0 Å². The molecule has 0 aromatic rings. The molecule has 0 spiro atoms. The van der Waals surface area contributed by atoms with Crippen molar-refractivity contribution < 1.29 is 9.53 Å². The molecule has 1 heterocycles. The molecular formula is C7H13NO2. The Hall–Kier alpha value is -0.410. The topological polar surface area (TPSA) is 38.3 Å². The third-order valence-corrected chi connectivity index (χ3v) is 1.61. The Kier molecular flexibility index (Phi) is 3.40. The summed E-state index contributed by atoms with van der Waals surface area (Å²) < 4.78 is 5.36. The Labute approximate surface area is 60.7 Å². The van der Waals surface area contributed by atoms with Crippen molar-refractivity contribution in [3.8, 4) is 0 Å². The van der Waals surface area contributed by atoms with Crippen LogP contribution in [0.2, 0.25) is 0 Å². The lowest BCUT2D eigenvalue weighted by atomic mass is 10.2. The van der Waals surface area contributed by atoms with Crippen molar-refractivity contribution >= 4 is 6.29 Å². The number of morpholine rings is 1. The number of hydrogen-bond acceptors (Lipinski definition) is 3. The van der Waals surface area contributed by atoms with Crippen LogP contribution in [0.15, 0.2) is 0 Å². The van der Waals surface area contributed by atoms with Crippen LogP contribution < -0.4 is 5.32 Å². The zero-order valence-electron chi connectivity index (χ0n) is 6.01. The number of hydrogen-bond donors (Lipinski definition) is 1. The summed E-state index contributed by atoms with van der Waals surface area (Å²) >= 11 is 0. The van der Waals surface area contributed by atoms with E-state index < -0.39 is 0 Å². The third kappa shape index (κ3) is 2.45. The van der Waals surface area contributed by atoms with Crippen LogP contribution in [0.1, 0.15) is 12.8 Å². The summed E-state index contributed by atoms with van der Waals surface area (Å²) in [6, 6.07) is 0. The molecule has 0 aliphatic carbocycles. The van der Waals surface area contributed by atoms with E-state index in [1.807, 2.05) is 0 Å². The Bertz CT molecular complexity index is 99.8. The maximum atomic E-state index is 9.97. The normalized spacial score (nSPS) is 26.2. The molecule has 1 aliphatic heterocycles. The van der Waals surface area contributed by atoms with Crippen LogP contribution >= 0.6 is 0 Å². The lowest BCUT2D eigenvalue weighted by molar-refractivity contribution is -0.108. The van der Waals surface area contributed by atoms with Gasteiger partial charge in [0.25, 0.3) is 0 Å². The van der Waals surface area contributed by atoms with Crippen molar-refractivity contribution in [2.24, 2.45) is 0 Å². The Morgan fingerprint density at radius 1 is 1.70 bits per heavy atom. The predicted molar refractivity (Wildman–Crippen MR) is 37.9 cm³/mol. The molecule has 10 heavy (non-hydrogen) atoms. The second-order valence-corrected chi connectivity index (χ2v) is 2.44. The van der Waals surface area contributed by atoms with Crippen molar-refractivity contribution in [2.45, 2.75) is 18.9 Å². The molecule has 1 rings (SSSR count). The largest absolute Gasteiger partial charge is 0.376 e. The highest BCUT2D eigenvalue weighted by Crippen LogP contribution is 2.02. The second-order valence-electron chi connectivity index (χ2n) is 2.44. The number of carbonyl (C=O) groups excluding carboxylic acids is 1. The van der Waals surface area contributed by atoms with Gasteiger partial charge in [-0.15, -0.1) is 0 Å². The van der Waals surface area contributed by atoms with Crippen LogP contribution in [0.25, 0.3) is 0 Å². The average Bonchev–Trinajstić information content (AvgIpc) is 2.03. The van der Waals surface area contributed by atoms with E-state index in [9.17, 15) is 4.79 Å². The summed E-state index contributed by atoms with van der Waals surface area (Å²) in [7, 11) is 0. The van der Waals surface area contributed by atoms with Gasteiger partial charge in [0.05, 0.1) is 12.7 Å². The number of aldehydes is 1. The van der Waals surface area contributed by atoms with Gasteiger partial charge < -0.3 is 14.8 Å². The molecule has 0 aromatic heterocycles. The van der Waals surface area contributed by atoms with E-state index in [2.05, 4.69) is 5.32 Å². The lowest BCUT2D eigenvalue weighted by Gasteiger charge is -2.22.